The molecule has 2 atom stereocenters. The monoisotopic (exact) mass is 379 g/mol. The van der Waals surface area contributed by atoms with Crippen molar-refractivity contribution < 1.29 is 18.7 Å². The number of aromatic carboxylic acids is 1. The minimum absolute atomic E-state index is 0.0338. The molecular formula is C19H23F2N3O3. The van der Waals surface area contributed by atoms with Crippen LogP contribution in [0.2, 0.25) is 0 Å². The number of pyridine rings is 1. The SMILES string of the molecule is CCC(N)C1CCN(c2c(F)cc3c(=O)c(C(=O)O)cn(CC)c3c2F)C1. The Balaban J connectivity index is 2.18. The second kappa shape index (κ2) is 7.26. The van der Waals surface area contributed by atoms with Crippen LogP contribution < -0.4 is 16.1 Å². The topological polar surface area (TPSA) is 88.6 Å². The van der Waals surface area contributed by atoms with Gasteiger partial charge in [-0.3, -0.25) is 4.79 Å². The number of aryl methyl sites for hydroxylation is 1. The Morgan fingerprint density at radius 1 is 1.41 bits per heavy atom. The maximum atomic E-state index is 15.3. The first-order valence-electron chi connectivity index (χ1n) is 9.09. The number of aromatic nitrogens is 1. The highest BCUT2D eigenvalue weighted by Gasteiger charge is 2.31. The average Bonchev–Trinajstić information content (AvgIpc) is 3.11. The molecule has 8 heteroatoms. The number of rotatable bonds is 5. The minimum Gasteiger partial charge on any atom is -0.477 e. The van der Waals surface area contributed by atoms with Crippen LogP contribution in [0.3, 0.4) is 0 Å². The van der Waals surface area contributed by atoms with Crippen molar-refractivity contribution in [3.8, 4) is 0 Å². The van der Waals surface area contributed by atoms with E-state index in [2.05, 4.69) is 0 Å². The van der Waals surface area contributed by atoms with Crippen molar-refractivity contribution in [2.24, 2.45) is 11.7 Å². The molecular weight excluding hydrogens is 356 g/mol. The number of benzene rings is 1. The van der Waals surface area contributed by atoms with E-state index in [4.69, 9.17) is 5.73 Å². The number of anilines is 1. The number of carbonyl (C=O) groups is 1. The van der Waals surface area contributed by atoms with Crippen molar-refractivity contribution in [1.29, 1.82) is 0 Å². The summed E-state index contributed by atoms with van der Waals surface area (Å²) in [7, 11) is 0. The van der Waals surface area contributed by atoms with Gasteiger partial charge in [0.2, 0.25) is 5.43 Å². The third-order valence-electron chi connectivity index (χ3n) is 5.42. The molecule has 27 heavy (non-hydrogen) atoms. The Bertz CT molecular complexity index is 958. The van der Waals surface area contributed by atoms with E-state index in [9.17, 15) is 19.1 Å². The second-order valence-electron chi connectivity index (χ2n) is 6.95. The van der Waals surface area contributed by atoms with E-state index < -0.39 is 28.6 Å². The Labute approximate surface area is 155 Å². The summed E-state index contributed by atoms with van der Waals surface area (Å²) in [6.45, 7) is 4.83. The van der Waals surface area contributed by atoms with Crippen molar-refractivity contribution in [3.05, 3.63) is 39.7 Å². The van der Waals surface area contributed by atoms with Gasteiger partial charge < -0.3 is 20.3 Å². The molecule has 1 saturated heterocycles. The van der Waals surface area contributed by atoms with Crippen LogP contribution in [0, 0.1) is 17.6 Å². The normalized spacial score (nSPS) is 18.3. The standard InChI is InChI=1S/C19H23F2N3O3/c1-3-14(22)10-5-6-24(8-10)17-13(20)7-11-16(15(17)21)23(4-2)9-12(18(11)25)19(26)27/h7,9-10,14H,3-6,8,22H2,1-2H3,(H,26,27). The van der Waals surface area contributed by atoms with Gasteiger partial charge in [0, 0.05) is 31.9 Å². The van der Waals surface area contributed by atoms with Crippen molar-refractivity contribution >= 4 is 22.6 Å². The summed E-state index contributed by atoms with van der Waals surface area (Å²) in [5.74, 6) is -2.99. The van der Waals surface area contributed by atoms with Gasteiger partial charge in [-0.05, 0) is 31.7 Å². The maximum Gasteiger partial charge on any atom is 0.341 e. The fraction of sp³-hybridized carbons (Fsp3) is 0.474. The molecule has 1 aliphatic rings. The average molecular weight is 379 g/mol. The van der Waals surface area contributed by atoms with Crippen LogP contribution in [0.1, 0.15) is 37.0 Å². The fourth-order valence-corrected chi connectivity index (χ4v) is 3.84. The largest absolute Gasteiger partial charge is 0.477 e. The van der Waals surface area contributed by atoms with Gasteiger partial charge in [0.15, 0.2) is 5.82 Å². The number of carboxylic acid groups (broad SMARTS) is 1. The van der Waals surface area contributed by atoms with E-state index in [-0.39, 0.29) is 35.1 Å². The zero-order valence-electron chi connectivity index (χ0n) is 15.3. The molecule has 0 bridgehead atoms. The first-order valence-corrected chi connectivity index (χ1v) is 9.09. The van der Waals surface area contributed by atoms with Gasteiger partial charge in [0.05, 0.1) is 10.9 Å². The molecule has 0 saturated carbocycles. The number of nitrogens with zero attached hydrogens (tertiary/aromatic N) is 2. The number of fused-ring (bicyclic) bond motifs is 1. The second-order valence-corrected chi connectivity index (χ2v) is 6.95. The zero-order chi connectivity index (χ0) is 19.9. The van der Waals surface area contributed by atoms with Gasteiger partial charge in [-0.2, -0.15) is 0 Å². The summed E-state index contributed by atoms with van der Waals surface area (Å²) in [6.07, 6.45) is 2.64. The molecule has 0 amide bonds. The summed E-state index contributed by atoms with van der Waals surface area (Å²) in [5, 5.41) is 8.93. The smallest absolute Gasteiger partial charge is 0.341 e. The lowest BCUT2D eigenvalue weighted by Crippen LogP contribution is -2.32. The number of halogens is 2. The molecule has 3 N–H and O–H groups in total. The maximum absolute atomic E-state index is 15.3. The fourth-order valence-electron chi connectivity index (χ4n) is 3.84. The molecule has 1 aromatic carbocycles. The minimum atomic E-state index is -1.43. The highest BCUT2D eigenvalue weighted by atomic mass is 19.1. The quantitative estimate of drug-likeness (QED) is 0.834. The Kier molecular flexibility index (Phi) is 5.19. The van der Waals surface area contributed by atoms with Gasteiger partial charge in [0.25, 0.3) is 0 Å². The van der Waals surface area contributed by atoms with E-state index in [0.717, 1.165) is 25.1 Å². The first kappa shape index (κ1) is 19.3. The van der Waals surface area contributed by atoms with Crippen molar-refractivity contribution in [2.75, 3.05) is 18.0 Å². The molecule has 2 aromatic rings. The van der Waals surface area contributed by atoms with Gasteiger partial charge in [-0.15, -0.1) is 0 Å². The molecule has 146 valence electrons. The van der Waals surface area contributed by atoms with E-state index in [1.807, 2.05) is 6.92 Å². The Morgan fingerprint density at radius 2 is 2.11 bits per heavy atom. The van der Waals surface area contributed by atoms with Crippen LogP contribution in [0.5, 0.6) is 0 Å². The summed E-state index contributed by atoms with van der Waals surface area (Å²) in [5.41, 5.74) is 4.42. The van der Waals surface area contributed by atoms with Gasteiger partial charge >= 0.3 is 5.97 Å². The molecule has 1 aromatic heterocycles. The third kappa shape index (κ3) is 3.18. The highest BCUT2D eigenvalue weighted by Crippen LogP contribution is 2.34. The van der Waals surface area contributed by atoms with E-state index in [0.29, 0.717) is 13.1 Å². The number of hydrogen-bond acceptors (Lipinski definition) is 4. The van der Waals surface area contributed by atoms with E-state index in [1.54, 1.807) is 11.8 Å². The molecule has 6 nitrogen and oxygen atoms in total. The molecule has 2 heterocycles. The number of hydrogen-bond donors (Lipinski definition) is 2. The molecule has 0 radical (unpaired) electrons. The Hall–Kier alpha value is -2.48. The van der Waals surface area contributed by atoms with Crippen molar-refractivity contribution in [1.82, 2.24) is 4.57 Å². The highest BCUT2D eigenvalue weighted by molar-refractivity contribution is 5.93. The van der Waals surface area contributed by atoms with Gasteiger partial charge in [0.1, 0.15) is 17.1 Å². The first-order chi connectivity index (χ1) is 12.8. The van der Waals surface area contributed by atoms with Crippen LogP contribution >= 0.6 is 0 Å². The predicted molar refractivity (Wildman–Crippen MR) is 99.3 cm³/mol. The number of nitrogens with two attached hydrogens (primary N) is 1. The van der Waals surface area contributed by atoms with E-state index >= 15 is 4.39 Å². The molecule has 1 fully saturated rings. The van der Waals surface area contributed by atoms with Crippen LogP contribution in [-0.2, 0) is 6.54 Å². The van der Waals surface area contributed by atoms with Gasteiger partial charge in [-0.1, -0.05) is 6.92 Å². The lowest BCUT2D eigenvalue weighted by molar-refractivity contribution is 0.0695. The van der Waals surface area contributed by atoms with Crippen LogP contribution in [0.25, 0.3) is 10.9 Å². The summed E-state index contributed by atoms with van der Waals surface area (Å²) in [6, 6.07) is 0.912. The Morgan fingerprint density at radius 3 is 2.70 bits per heavy atom. The molecule has 1 aliphatic heterocycles. The molecule has 2 unspecified atom stereocenters. The lowest BCUT2D eigenvalue weighted by Gasteiger charge is -2.23. The van der Waals surface area contributed by atoms with Crippen molar-refractivity contribution in [3.63, 3.8) is 0 Å². The number of carboxylic acids is 1. The van der Waals surface area contributed by atoms with Crippen LogP contribution in [0.15, 0.2) is 17.1 Å². The summed E-state index contributed by atoms with van der Waals surface area (Å²) >= 11 is 0. The summed E-state index contributed by atoms with van der Waals surface area (Å²) in [4.78, 5) is 25.3. The molecule has 3 rings (SSSR count). The summed E-state index contributed by atoms with van der Waals surface area (Å²) < 4.78 is 31.5. The predicted octanol–water partition coefficient (Wildman–Crippen LogP) is 2.56. The molecule has 0 aliphatic carbocycles. The lowest BCUT2D eigenvalue weighted by atomic mass is 9.98. The third-order valence-corrected chi connectivity index (χ3v) is 5.42. The molecule has 0 spiro atoms. The van der Waals surface area contributed by atoms with Crippen LogP contribution in [0.4, 0.5) is 14.5 Å². The van der Waals surface area contributed by atoms with E-state index in [1.165, 1.54) is 4.57 Å². The van der Waals surface area contributed by atoms with Crippen LogP contribution in [-0.4, -0.2) is 34.8 Å². The van der Waals surface area contributed by atoms with Gasteiger partial charge in [-0.25, -0.2) is 13.6 Å². The zero-order valence-corrected chi connectivity index (χ0v) is 15.3. The van der Waals surface area contributed by atoms with Crippen molar-refractivity contribution in [2.45, 2.75) is 39.3 Å².